The normalized spacial score (nSPS) is 10.1. The Bertz CT molecular complexity index is 325. The van der Waals surface area contributed by atoms with E-state index >= 15 is 0 Å². The Morgan fingerprint density at radius 2 is 2.15 bits per heavy atom. The van der Waals surface area contributed by atoms with E-state index in [1.807, 2.05) is 6.07 Å². The predicted octanol–water partition coefficient (Wildman–Crippen LogP) is 3.45. The second-order valence-corrected chi connectivity index (χ2v) is 4.14. The van der Waals surface area contributed by atoms with Crippen molar-refractivity contribution in [3.05, 3.63) is 33.3 Å². The molecule has 70 valence electrons. The van der Waals surface area contributed by atoms with Gasteiger partial charge in [0.05, 0.1) is 5.88 Å². The lowest BCUT2D eigenvalue weighted by Crippen LogP contribution is -2.04. The first kappa shape index (κ1) is 11.0. The molecule has 0 bridgehead atoms. The van der Waals surface area contributed by atoms with Crippen LogP contribution in [0.1, 0.15) is 5.56 Å². The van der Waals surface area contributed by atoms with Gasteiger partial charge in [0.25, 0.3) is 0 Å². The summed E-state index contributed by atoms with van der Waals surface area (Å²) >= 11 is 14.5. The molecule has 0 aliphatic heterocycles. The summed E-state index contributed by atoms with van der Waals surface area (Å²) in [5, 5.41) is 0.626. The molecule has 0 saturated carbocycles. The van der Waals surface area contributed by atoms with Gasteiger partial charge >= 0.3 is 0 Å². The third-order valence-electron chi connectivity index (χ3n) is 1.54. The number of hydrogen-bond acceptors (Lipinski definition) is 1. The van der Waals surface area contributed by atoms with Crippen molar-refractivity contribution in [1.82, 2.24) is 0 Å². The van der Waals surface area contributed by atoms with Crippen LogP contribution in [0.4, 0.5) is 0 Å². The van der Waals surface area contributed by atoms with Gasteiger partial charge in [0, 0.05) is 15.9 Å². The molecule has 0 unspecified atom stereocenters. The maximum absolute atomic E-state index is 11.0. The zero-order valence-corrected chi connectivity index (χ0v) is 9.79. The van der Waals surface area contributed by atoms with E-state index in [9.17, 15) is 4.79 Å². The highest BCUT2D eigenvalue weighted by Crippen LogP contribution is 2.21. The van der Waals surface area contributed by atoms with Crippen molar-refractivity contribution in [3.63, 3.8) is 0 Å². The molecule has 0 radical (unpaired) electrons. The number of halogens is 3. The predicted molar refractivity (Wildman–Crippen MR) is 58.6 cm³/mol. The van der Waals surface area contributed by atoms with E-state index in [0.29, 0.717) is 11.4 Å². The zero-order valence-electron chi connectivity index (χ0n) is 6.69. The number of rotatable bonds is 3. The van der Waals surface area contributed by atoms with E-state index in [-0.39, 0.29) is 11.7 Å². The van der Waals surface area contributed by atoms with Gasteiger partial charge in [-0.1, -0.05) is 27.5 Å². The molecule has 4 heteroatoms. The number of benzene rings is 1. The molecule has 0 amide bonds. The molecule has 1 nitrogen and oxygen atoms in total. The Balaban J connectivity index is 2.87. The second kappa shape index (κ2) is 4.99. The summed E-state index contributed by atoms with van der Waals surface area (Å²) in [6.45, 7) is 0. The van der Waals surface area contributed by atoms with Crippen LogP contribution in [-0.4, -0.2) is 11.7 Å². The van der Waals surface area contributed by atoms with Gasteiger partial charge in [0.1, 0.15) is 0 Å². The number of carbonyl (C=O) groups excluding carboxylic acids is 1. The number of Topliss-reactive ketones (excluding diaryl/α,β-unsaturated/α-hetero) is 1. The lowest BCUT2D eigenvalue weighted by molar-refractivity contribution is -0.116. The van der Waals surface area contributed by atoms with Gasteiger partial charge in [-0.05, 0) is 23.8 Å². The molecule has 1 rings (SSSR count). The number of hydrogen-bond donors (Lipinski definition) is 0. The fourth-order valence-electron chi connectivity index (χ4n) is 0.938. The summed E-state index contributed by atoms with van der Waals surface area (Å²) in [6, 6.07) is 5.34. The summed E-state index contributed by atoms with van der Waals surface area (Å²) in [5.41, 5.74) is 0.873. The lowest BCUT2D eigenvalue weighted by atomic mass is 10.1. The minimum absolute atomic E-state index is 0.00960. The molecular weight excluding hydrogens is 275 g/mol. The molecule has 0 N–H and O–H groups in total. The van der Waals surface area contributed by atoms with Gasteiger partial charge < -0.3 is 0 Å². The first-order valence-electron chi connectivity index (χ1n) is 3.65. The molecule has 1 aromatic carbocycles. The van der Waals surface area contributed by atoms with Crippen molar-refractivity contribution in [2.75, 3.05) is 5.88 Å². The quantitative estimate of drug-likeness (QED) is 0.776. The van der Waals surface area contributed by atoms with Crippen LogP contribution in [-0.2, 0) is 11.2 Å². The average molecular weight is 282 g/mol. The van der Waals surface area contributed by atoms with Crippen LogP contribution in [0.15, 0.2) is 22.7 Å². The van der Waals surface area contributed by atoms with E-state index in [4.69, 9.17) is 23.2 Å². The summed E-state index contributed by atoms with van der Waals surface area (Å²) in [5.74, 6) is 0.0310. The highest BCUT2D eigenvalue weighted by molar-refractivity contribution is 9.10. The Hall–Kier alpha value is -0.0500. The Labute approximate surface area is 95.2 Å². The first-order chi connectivity index (χ1) is 6.13. The van der Waals surface area contributed by atoms with E-state index in [0.717, 1.165) is 10.0 Å². The van der Waals surface area contributed by atoms with Crippen molar-refractivity contribution in [2.24, 2.45) is 0 Å². The van der Waals surface area contributed by atoms with Crippen molar-refractivity contribution in [3.8, 4) is 0 Å². The fraction of sp³-hybridized carbons (Fsp3) is 0.222. The summed E-state index contributed by atoms with van der Waals surface area (Å²) < 4.78 is 0.885. The van der Waals surface area contributed by atoms with Gasteiger partial charge in [-0.15, -0.1) is 11.6 Å². The average Bonchev–Trinajstić information content (AvgIpc) is 2.11. The molecule has 0 fully saturated rings. The van der Waals surface area contributed by atoms with Crippen LogP contribution in [0, 0.1) is 0 Å². The van der Waals surface area contributed by atoms with Crippen LogP contribution in [0.5, 0.6) is 0 Å². The fourth-order valence-corrected chi connectivity index (χ4v) is 1.61. The Kier molecular flexibility index (Phi) is 4.23. The minimum atomic E-state index is -0.00960. The largest absolute Gasteiger partial charge is 0.298 e. The first-order valence-corrected chi connectivity index (χ1v) is 5.35. The Morgan fingerprint density at radius 1 is 1.46 bits per heavy atom. The highest BCUT2D eigenvalue weighted by Gasteiger charge is 2.06. The van der Waals surface area contributed by atoms with Crippen LogP contribution in [0.3, 0.4) is 0 Å². The van der Waals surface area contributed by atoms with E-state index in [1.165, 1.54) is 0 Å². The second-order valence-electron chi connectivity index (χ2n) is 2.58. The van der Waals surface area contributed by atoms with E-state index in [2.05, 4.69) is 15.9 Å². The van der Waals surface area contributed by atoms with Crippen molar-refractivity contribution < 1.29 is 4.79 Å². The van der Waals surface area contributed by atoms with Gasteiger partial charge in [0.15, 0.2) is 5.78 Å². The molecule has 0 spiro atoms. The lowest BCUT2D eigenvalue weighted by Gasteiger charge is -2.02. The van der Waals surface area contributed by atoms with Crippen LogP contribution >= 0.6 is 39.1 Å². The number of carbonyl (C=O) groups is 1. The molecular formula is C9H7BrCl2O. The van der Waals surface area contributed by atoms with E-state index in [1.54, 1.807) is 12.1 Å². The third kappa shape index (κ3) is 3.29. The van der Waals surface area contributed by atoms with Gasteiger partial charge in [-0.25, -0.2) is 0 Å². The van der Waals surface area contributed by atoms with Crippen LogP contribution < -0.4 is 0 Å². The maximum atomic E-state index is 11.0. The maximum Gasteiger partial charge on any atom is 0.151 e. The molecule has 13 heavy (non-hydrogen) atoms. The molecule has 0 atom stereocenters. The Morgan fingerprint density at radius 3 is 2.77 bits per heavy atom. The van der Waals surface area contributed by atoms with Crippen molar-refractivity contribution >= 4 is 44.9 Å². The molecule has 1 aromatic rings. The van der Waals surface area contributed by atoms with Crippen molar-refractivity contribution in [1.29, 1.82) is 0 Å². The third-order valence-corrected chi connectivity index (χ3v) is 2.85. The molecule has 0 heterocycles. The van der Waals surface area contributed by atoms with E-state index < -0.39 is 0 Å². The summed E-state index contributed by atoms with van der Waals surface area (Å²) in [4.78, 5) is 11.0. The van der Waals surface area contributed by atoms with Gasteiger partial charge in [0.2, 0.25) is 0 Å². The number of alkyl halides is 1. The minimum Gasteiger partial charge on any atom is -0.298 e. The van der Waals surface area contributed by atoms with Crippen LogP contribution in [0.25, 0.3) is 0 Å². The molecule has 0 aliphatic carbocycles. The van der Waals surface area contributed by atoms with Crippen molar-refractivity contribution in [2.45, 2.75) is 6.42 Å². The SMILES string of the molecule is O=C(CCl)Cc1cc(Cl)ccc1Br. The number of ketones is 1. The van der Waals surface area contributed by atoms with Gasteiger partial charge in [-0.2, -0.15) is 0 Å². The van der Waals surface area contributed by atoms with Gasteiger partial charge in [-0.3, -0.25) is 4.79 Å². The smallest absolute Gasteiger partial charge is 0.151 e. The monoisotopic (exact) mass is 280 g/mol. The summed E-state index contributed by atoms with van der Waals surface area (Å²) in [6.07, 6.45) is 0.324. The molecule has 0 saturated heterocycles. The van der Waals surface area contributed by atoms with Crippen LogP contribution in [0.2, 0.25) is 5.02 Å². The zero-order chi connectivity index (χ0) is 9.84. The molecule has 0 aliphatic rings. The standard InChI is InChI=1S/C9H7BrCl2O/c10-9-2-1-7(12)3-6(9)4-8(13)5-11/h1-3H,4-5H2. The molecule has 0 aromatic heterocycles. The summed E-state index contributed by atoms with van der Waals surface area (Å²) in [7, 11) is 0. The topological polar surface area (TPSA) is 17.1 Å². The highest BCUT2D eigenvalue weighted by atomic mass is 79.9.